The molecule has 3 N–H and O–H groups in total. The molecule has 0 spiro atoms. The number of carbonyl (C=O) groups is 3. The molecule has 1 aliphatic rings. The van der Waals surface area contributed by atoms with Crippen LogP contribution in [0, 0.1) is 0 Å². The lowest BCUT2D eigenvalue weighted by Gasteiger charge is -2.39. The molecule has 182 valence electrons. The first-order valence-corrected chi connectivity index (χ1v) is 11.3. The number of rotatable bonds is 4. The molecular weight excluding hydrogens is 464 g/mol. The van der Waals surface area contributed by atoms with Gasteiger partial charge in [0, 0.05) is 53.7 Å². The summed E-state index contributed by atoms with van der Waals surface area (Å²) < 4.78 is 0.622. The molecule has 0 bridgehead atoms. The average molecular weight is 487 g/mol. The second-order valence-corrected chi connectivity index (χ2v) is 8.62. The third-order valence-corrected chi connectivity index (χ3v) is 6.26. The number of ketones is 1. The second-order valence-electron chi connectivity index (χ2n) is 8.62. The number of fused-ring (bicyclic) bond motifs is 1. The van der Waals surface area contributed by atoms with Crippen molar-refractivity contribution in [3.05, 3.63) is 82.7 Å². The van der Waals surface area contributed by atoms with Crippen LogP contribution in [0.25, 0.3) is 22.3 Å². The van der Waals surface area contributed by atoms with E-state index in [0.717, 1.165) is 6.20 Å². The van der Waals surface area contributed by atoms with Crippen molar-refractivity contribution in [3.63, 3.8) is 0 Å². The van der Waals surface area contributed by atoms with Gasteiger partial charge in [-0.05, 0) is 25.1 Å². The van der Waals surface area contributed by atoms with Crippen LogP contribution in [0.5, 0.6) is 0 Å². The number of Topliss-reactive ketones (excluding diaryl/α,β-unsaturated/α-hetero) is 1. The van der Waals surface area contributed by atoms with Crippen molar-refractivity contribution in [1.29, 1.82) is 0 Å². The van der Waals surface area contributed by atoms with E-state index in [2.05, 4.69) is 15.0 Å². The number of hydrogen-bond donors (Lipinski definition) is 3. The van der Waals surface area contributed by atoms with E-state index in [1.54, 1.807) is 35.2 Å². The Bertz CT molecular complexity index is 1540. The predicted molar refractivity (Wildman–Crippen MR) is 127 cm³/mol. The maximum Gasteiger partial charge on any atom is 0.317 e. The zero-order valence-corrected chi connectivity index (χ0v) is 19.3. The Balaban J connectivity index is 1.37. The standard InChI is InChI=1S/C25H22N6O5/c1-15-12-29(24(34)16-5-3-2-4-6-16)9-10-31(15)25(35)23(33)18-11-27-21-17(18)7-8-26-22(21)19-13-30(36)14-20(32)28-19/h2-8,11,13-15H,9-10,12H2,1H3,(H2-,26,27,28,32,33,36)/p+1/t15-/m1/s1. The summed E-state index contributed by atoms with van der Waals surface area (Å²) >= 11 is 0. The molecule has 4 aromatic rings. The summed E-state index contributed by atoms with van der Waals surface area (Å²) in [7, 11) is 0. The van der Waals surface area contributed by atoms with Crippen LogP contribution in [0.2, 0.25) is 0 Å². The highest BCUT2D eigenvalue weighted by molar-refractivity contribution is 6.45. The minimum absolute atomic E-state index is 0.110. The molecule has 0 aliphatic carbocycles. The highest BCUT2D eigenvalue weighted by atomic mass is 16.5. The summed E-state index contributed by atoms with van der Waals surface area (Å²) in [5.74, 6) is -1.46. The molecule has 2 amide bonds. The summed E-state index contributed by atoms with van der Waals surface area (Å²) in [6.07, 6.45) is 5.12. The van der Waals surface area contributed by atoms with E-state index in [9.17, 15) is 24.4 Å². The number of aromatic amines is 2. The number of H-pyrrole nitrogens is 2. The monoisotopic (exact) mass is 487 g/mol. The van der Waals surface area contributed by atoms with Gasteiger partial charge in [-0.15, -0.1) is 0 Å². The number of nitrogens with zero attached hydrogens (tertiary/aromatic N) is 4. The fourth-order valence-electron chi connectivity index (χ4n) is 4.51. The lowest BCUT2D eigenvalue weighted by atomic mass is 10.1. The minimum Gasteiger partial charge on any atom is -0.359 e. The smallest absolute Gasteiger partial charge is 0.317 e. The Morgan fingerprint density at radius 1 is 1.11 bits per heavy atom. The zero-order valence-electron chi connectivity index (χ0n) is 19.3. The molecular formula is C25H23N6O5+. The van der Waals surface area contributed by atoms with Gasteiger partial charge in [-0.1, -0.05) is 18.2 Å². The zero-order chi connectivity index (χ0) is 25.4. The van der Waals surface area contributed by atoms with Crippen LogP contribution in [0.15, 0.2) is 66.0 Å². The van der Waals surface area contributed by atoms with Gasteiger partial charge in [-0.25, -0.2) is 0 Å². The number of piperazine rings is 1. The maximum absolute atomic E-state index is 13.2. The summed E-state index contributed by atoms with van der Waals surface area (Å²) in [5, 5.41) is 10.2. The summed E-state index contributed by atoms with van der Waals surface area (Å²) in [4.78, 5) is 64.0. The lowest BCUT2D eigenvalue weighted by Crippen LogP contribution is -2.56. The van der Waals surface area contributed by atoms with Crippen LogP contribution in [0.3, 0.4) is 0 Å². The van der Waals surface area contributed by atoms with E-state index in [0.29, 0.717) is 40.0 Å². The largest absolute Gasteiger partial charge is 0.359 e. The molecule has 3 aromatic heterocycles. The lowest BCUT2D eigenvalue weighted by molar-refractivity contribution is -0.905. The topological polar surface area (TPSA) is 143 Å². The van der Waals surface area contributed by atoms with Gasteiger partial charge >= 0.3 is 5.56 Å². The normalized spacial score (nSPS) is 15.8. The van der Waals surface area contributed by atoms with Gasteiger partial charge in [0.1, 0.15) is 11.4 Å². The van der Waals surface area contributed by atoms with E-state index in [1.807, 2.05) is 13.0 Å². The van der Waals surface area contributed by atoms with Crippen molar-refractivity contribution in [3.8, 4) is 11.4 Å². The Kier molecular flexibility index (Phi) is 5.80. The molecule has 36 heavy (non-hydrogen) atoms. The Labute approximate surface area is 204 Å². The van der Waals surface area contributed by atoms with Gasteiger partial charge < -0.3 is 19.8 Å². The number of carbonyl (C=O) groups excluding carboxylic acids is 3. The average Bonchev–Trinajstić information content (AvgIpc) is 3.31. The number of benzene rings is 1. The minimum atomic E-state index is -0.688. The van der Waals surface area contributed by atoms with Gasteiger partial charge in [0.2, 0.25) is 6.20 Å². The molecule has 11 heteroatoms. The van der Waals surface area contributed by atoms with Gasteiger partial charge in [0.15, 0.2) is 0 Å². The fourth-order valence-corrected chi connectivity index (χ4v) is 4.51. The quantitative estimate of drug-likeness (QED) is 0.170. The molecule has 0 unspecified atom stereocenters. The number of aromatic nitrogens is 4. The fraction of sp³-hybridized carbons (Fsp3) is 0.200. The maximum atomic E-state index is 13.2. The third kappa shape index (κ3) is 4.11. The van der Waals surface area contributed by atoms with E-state index >= 15 is 0 Å². The molecule has 0 saturated carbocycles. The number of amides is 2. The summed E-state index contributed by atoms with van der Waals surface area (Å²) in [6, 6.07) is 10.2. The van der Waals surface area contributed by atoms with Crippen LogP contribution in [0.4, 0.5) is 0 Å². The highest BCUT2D eigenvalue weighted by Gasteiger charge is 2.34. The predicted octanol–water partition coefficient (Wildman–Crippen LogP) is 0.999. The second kappa shape index (κ2) is 9.10. The van der Waals surface area contributed by atoms with Crippen LogP contribution in [0.1, 0.15) is 27.6 Å². The molecule has 1 atom stereocenters. The molecule has 1 aliphatic heterocycles. The Morgan fingerprint density at radius 2 is 1.89 bits per heavy atom. The number of pyridine rings is 1. The molecule has 1 fully saturated rings. The van der Waals surface area contributed by atoms with Crippen molar-refractivity contribution in [1.82, 2.24) is 24.8 Å². The first kappa shape index (κ1) is 23.0. The first-order chi connectivity index (χ1) is 17.3. The Morgan fingerprint density at radius 3 is 2.61 bits per heavy atom. The molecule has 0 radical (unpaired) electrons. The van der Waals surface area contributed by atoms with Gasteiger partial charge in [0.25, 0.3) is 23.8 Å². The molecule has 1 saturated heterocycles. The van der Waals surface area contributed by atoms with Crippen LogP contribution in [-0.4, -0.2) is 73.2 Å². The van der Waals surface area contributed by atoms with Gasteiger partial charge in [-0.2, -0.15) is 0 Å². The van der Waals surface area contributed by atoms with E-state index in [1.165, 1.54) is 23.5 Å². The summed E-state index contributed by atoms with van der Waals surface area (Å²) in [5.41, 5.74) is 1.18. The van der Waals surface area contributed by atoms with E-state index < -0.39 is 17.2 Å². The van der Waals surface area contributed by atoms with Gasteiger partial charge in [-0.3, -0.25) is 29.4 Å². The van der Waals surface area contributed by atoms with Crippen LogP contribution in [-0.2, 0) is 4.79 Å². The van der Waals surface area contributed by atoms with Crippen molar-refractivity contribution < 1.29 is 24.3 Å². The highest BCUT2D eigenvalue weighted by Crippen LogP contribution is 2.27. The van der Waals surface area contributed by atoms with Crippen molar-refractivity contribution in [2.24, 2.45) is 0 Å². The first-order valence-electron chi connectivity index (χ1n) is 11.3. The van der Waals surface area contributed by atoms with Crippen molar-refractivity contribution >= 4 is 28.5 Å². The van der Waals surface area contributed by atoms with Crippen molar-refractivity contribution in [2.45, 2.75) is 13.0 Å². The van der Waals surface area contributed by atoms with E-state index in [-0.39, 0.29) is 29.8 Å². The SMILES string of the molecule is C[C@@H]1CN(C(=O)c2ccccc2)CCN1C(=O)C(=O)c1c[nH]c2c(-c3c[n+](O)cc(=O)[nH]3)nccc12. The van der Waals surface area contributed by atoms with Crippen LogP contribution >= 0.6 is 0 Å². The molecule has 5 rings (SSSR count). The third-order valence-electron chi connectivity index (χ3n) is 6.26. The summed E-state index contributed by atoms with van der Waals surface area (Å²) in [6.45, 7) is 2.68. The van der Waals surface area contributed by atoms with E-state index in [4.69, 9.17) is 0 Å². The number of hydrogen-bond acceptors (Lipinski definition) is 6. The van der Waals surface area contributed by atoms with Crippen molar-refractivity contribution in [2.75, 3.05) is 19.6 Å². The van der Waals surface area contributed by atoms with Gasteiger partial charge in [0.05, 0.1) is 11.1 Å². The Hall–Kier alpha value is -4.80. The van der Waals surface area contributed by atoms with Crippen LogP contribution < -0.4 is 10.3 Å². The number of nitrogens with one attached hydrogen (secondary N) is 2. The molecule has 11 nitrogen and oxygen atoms in total. The molecule has 4 heterocycles. The molecule has 1 aromatic carbocycles.